The van der Waals surface area contributed by atoms with E-state index in [2.05, 4.69) is 5.32 Å². The van der Waals surface area contributed by atoms with E-state index in [4.69, 9.17) is 20.4 Å². The molecule has 1 amide bonds. The van der Waals surface area contributed by atoms with Crippen molar-refractivity contribution in [3.8, 4) is 0 Å². The first-order chi connectivity index (χ1) is 14.3. The molecule has 0 saturated carbocycles. The zero-order chi connectivity index (χ0) is 21.6. The van der Waals surface area contributed by atoms with Gasteiger partial charge in [0.1, 0.15) is 16.9 Å². The number of aryl methyl sites for hydroxylation is 4. The first-order valence-corrected chi connectivity index (χ1v) is 10.1. The molecule has 0 spiro atoms. The lowest BCUT2D eigenvalue weighted by atomic mass is 9.98. The van der Waals surface area contributed by atoms with Crippen molar-refractivity contribution in [3.63, 3.8) is 0 Å². The molecule has 0 atom stereocenters. The highest BCUT2D eigenvalue weighted by Gasteiger charge is 2.20. The van der Waals surface area contributed by atoms with Crippen LogP contribution in [0.15, 0.2) is 44.0 Å². The van der Waals surface area contributed by atoms with Crippen molar-refractivity contribution < 1.29 is 13.6 Å². The van der Waals surface area contributed by atoms with Gasteiger partial charge in [-0.3, -0.25) is 4.79 Å². The Labute approximate surface area is 178 Å². The van der Waals surface area contributed by atoms with Gasteiger partial charge in [0.25, 0.3) is 0 Å². The fourth-order valence-corrected chi connectivity index (χ4v) is 3.85. The van der Waals surface area contributed by atoms with Crippen molar-refractivity contribution >= 4 is 39.4 Å². The summed E-state index contributed by atoms with van der Waals surface area (Å²) in [6.07, 6.45) is -0.0435. The number of fused-ring (bicyclic) bond motifs is 2. The van der Waals surface area contributed by atoms with Crippen molar-refractivity contribution in [1.29, 1.82) is 0 Å². The molecule has 0 aliphatic carbocycles. The van der Waals surface area contributed by atoms with Gasteiger partial charge < -0.3 is 14.2 Å². The highest BCUT2D eigenvalue weighted by Crippen LogP contribution is 2.34. The van der Waals surface area contributed by atoms with Crippen LogP contribution in [0.5, 0.6) is 0 Å². The number of nitrogens with one attached hydrogen (secondary N) is 1. The molecule has 4 aromatic rings. The molecule has 0 aliphatic rings. The average Bonchev–Trinajstić information content (AvgIpc) is 3.00. The van der Waals surface area contributed by atoms with Gasteiger partial charge >= 0.3 is 5.63 Å². The fraction of sp³-hybridized carbons (Fsp3) is 0.250. The fourth-order valence-electron chi connectivity index (χ4n) is 3.72. The van der Waals surface area contributed by atoms with Crippen LogP contribution in [0.3, 0.4) is 0 Å². The molecule has 0 aliphatic heterocycles. The number of carbonyl (C=O) groups excluding carboxylic acids is 1. The smallest absolute Gasteiger partial charge is 0.340 e. The van der Waals surface area contributed by atoms with E-state index in [0.29, 0.717) is 22.7 Å². The second-order valence-corrected chi connectivity index (χ2v) is 8.05. The molecular formula is C24H22ClNO4. The lowest BCUT2D eigenvalue weighted by molar-refractivity contribution is -0.120. The van der Waals surface area contributed by atoms with Crippen LogP contribution in [-0.2, 0) is 17.8 Å². The number of carbonyl (C=O) groups is 1. The first kappa shape index (κ1) is 20.2. The van der Waals surface area contributed by atoms with E-state index in [1.807, 2.05) is 45.9 Å². The third-order valence-electron chi connectivity index (χ3n) is 5.68. The van der Waals surface area contributed by atoms with Gasteiger partial charge in [0.05, 0.1) is 12.0 Å². The summed E-state index contributed by atoms with van der Waals surface area (Å²) >= 11 is 5.88. The topological polar surface area (TPSA) is 72.5 Å². The minimum absolute atomic E-state index is 0.0435. The van der Waals surface area contributed by atoms with Gasteiger partial charge in [-0.05, 0) is 62.6 Å². The van der Waals surface area contributed by atoms with Gasteiger partial charge in [-0.15, -0.1) is 0 Å². The number of hydrogen-bond donors (Lipinski definition) is 1. The monoisotopic (exact) mass is 423 g/mol. The summed E-state index contributed by atoms with van der Waals surface area (Å²) in [6.45, 7) is 8.02. The van der Waals surface area contributed by atoms with Crippen LogP contribution < -0.4 is 10.9 Å². The standard InChI is InChI=1S/C24H22ClNO4/c1-12-15(4)29-22-14(3)23-19(9-18(12)22)13(2)20(24(28)30-23)10-21(27)26-11-16-5-7-17(25)8-6-16/h5-9H,10-11H2,1-4H3,(H,26,27). The molecule has 4 rings (SSSR count). The van der Waals surface area contributed by atoms with Crippen molar-refractivity contribution in [3.05, 3.63) is 79.4 Å². The number of hydrogen-bond acceptors (Lipinski definition) is 4. The Morgan fingerprint density at radius 2 is 1.57 bits per heavy atom. The van der Waals surface area contributed by atoms with Gasteiger partial charge in [0.2, 0.25) is 5.91 Å². The summed E-state index contributed by atoms with van der Waals surface area (Å²) in [4.78, 5) is 25.2. The Bertz CT molecular complexity index is 1350. The normalized spacial score (nSPS) is 11.4. The maximum Gasteiger partial charge on any atom is 0.340 e. The van der Waals surface area contributed by atoms with Crippen LogP contribution in [0.4, 0.5) is 0 Å². The third-order valence-corrected chi connectivity index (χ3v) is 5.94. The van der Waals surface area contributed by atoms with Crippen molar-refractivity contribution in [2.75, 3.05) is 0 Å². The van der Waals surface area contributed by atoms with E-state index < -0.39 is 5.63 Å². The van der Waals surface area contributed by atoms with Gasteiger partial charge in [0, 0.05) is 27.9 Å². The molecule has 154 valence electrons. The summed E-state index contributed by atoms with van der Waals surface area (Å²) in [5.74, 6) is 0.595. The first-order valence-electron chi connectivity index (χ1n) is 9.73. The summed E-state index contributed by atoms with van der Waals surface area (Å²) in [5, 5.41) is 5.30. The Morgan fingerprint density at radius 3 is 2.27 bits per heavy atom. The zero-order valence-electron chi connectivity index (χ0n) is 17.3. The Balaban J connectivity index is 1.67. The second kappa shape index (κ2) is 7.65. The molecule has 2 aromatic carbocycles. The number of furan rings is 1. The van der Waals surface area contributed by atoms with Crippen LogP contribution in [0, 0.1) is 27.7 Å². The van der Waals surface area contributed by atoms with Gasteiger partial charge in [-0.1, -0.05) is 23.7 Å². The number of halogens is 1. The summed E-state index contributed by atoms with van der Waals surface area (Å²) in [7, 11) is 0. The second-order valence-electron chi connectivity index (χ2n) is 7.61. The molecule has 2 heterocycles. The number of amides is 1. The predicted molar refractivity (Wildman–Crippen MR) is 118 cm³/mol. The van der Waals surface area contributed by atoms with Crippen molar-refractivity contribution in [1.82, 2.24) is 5.32 Å². The van der Waals surface area contributed by atoms with E-state index in [0.717, 1.165) is 44.4 Å². The van der Waals surface area contributed by atoms with Crippen LogP contribution in [0.25, 0.3) is 21.9 Å². The molecule has 5 nitrogen and oxygen atoms in total. The third kappa shape index (κ3) is 3.50. The summed E-state index contributed by atoms with van der Waals surface area (Å²) in [6, 6.07) is 9.22. The van der Waals surface area contributed by atoms with Crippen molar-refractivity contribution in [2.24, 2.45) is 0 Å². The van der Waals surface area contributed by atoms with Gasteiger partial charge in [-0.2, -0.15) is 0 Å². The molecule has 30 heavy (non-hydrogen) atoms. The van der Waals surface area contributed by atoms with Crippen LogP contribution in [0.1, 0.15) is 33.6 Å². The summed E-state index contributed by atoms with van der Waals surface area (Å²) in [5.41, 5.74) is 4.64. The molecule has 0 radical (unpaired) electrons. The largest absolute Gasteiger partial charge is 0.461 e. The zero-order valence-corrected chi connectivity index (χ0v) is 18.1. The molecule has 6 heteroatoms. The maximum atomic E-state index is 12.7. The van der Waals surface area contributed by atoms with E-state index in [-0.39, 0.29) is 12.3 Å². The molecule has 0 fully saturated rings. The molecule has 0 bridgehead atoms. The number of benzene rings is 2. The van der Waals surface area contributed by atoms with E-state index >= 15 is 0 Å². The van der Waals surface area contributed by atoms with Crippen LogP contribution in [-0.4, -0.2) is 5.91 Å². The highest BCUT2D eigenvalue weighted by atomic mass is 35.5. The quantitative estimate of drug-likeness (QED) is 0.453. The lowest BCUT2D eigenvalue weighted by Crippen LogP contribution is -2.27. The minimum Gasteiger partial charge on any atom is -0.461 e. The van der Waals surface area contributed by atoms with Crippen LogP contribution in [0.2, 0.25) is 5.02 Å². The predicted octanol–water partition coefficient (Wildman–Crippen LogP) is 5.29. The molecule has 0 unspecified atom stereocenters. The minimum atomic E-state index is -0.496. The van der Waals surface area contributed by atoms with E-state index in [9.17, 15) is 9.59 Å². The average molecular weight is 424 g/mol. The SMILES string of the molecule is Cc1oc2c(C)c3oc(=O)c(CC(=O)NCc4ccc(Cl)cc4)c(C)c3cc2c1C. The lowest BCUT2D eigenvalue weighted by Gasteiger charge is -2.10. The van der Waals surface area contributed by atoms with E-state index in [1.54, 1.807) is 12.1 Å². The molecule has 2 aromatic heterocycles. The van der Waals surface area contributed by atoms with E-state index in [1.165, 1.54) is 0 Å². The van der Waals surface area contributed by atoms with Gasteiger partial charge in [0.15, 0.2) is 0 Å². The Morgan fingerprint density at radius 1 is 0.933 bits per heavy atom. The van der Waals surface area contributed by atoms with Gasteiger partial charge in [-0.25, -0.2) is 4.79 Å². The molecule has 0 saturated heterocycles. The number of rotatable bonds is 4. The Hall–Kier alpha value is -3.05. The molecule has 1 N–H and O–H groups in total. The summed E-state index contributed by atoms with van der Waals surface area (Å²) < 4.78 is 11.5. The molecular weight excluding hydrogens is 402 g/mol. The highest BCUT2D eigenvalue weighted by molar-refractivity contribution is 6.30. The van der Waals surface area contributed by atoms with Crippen LogP contribution >= 0.6 is 11.6 Å². The van der Waals surface area contributed by atoms with Crippen molar-refractivity contribution in [2.45, 2.75) is 40.7 Å². The Kier molecular flexibility index (Phi) is 5.16. The maximum absolute atomic E-state index is 12.7.